The highest BCUT2D eigenvalue weighted by molar-refractivity contribution is 9.10. The molecule has 0 N–H and O–H groups in total. The number of nitrogens with zero attached hydrogens (tertiary/aromatic N) is 3. The highest BCUT2D eigenvalue weighted by Gasteiger charge is 2.25. The number of hydrogen-bond acceptors (Lipinski definition) is 4. The molecule has 1 aliphatic rings. The summed E-state index contributed by atoms with van der Waals surface area (Å²) in [4.78, 5) is 14.3. The second-order valence-electron chi connectivity index (χ2n) is 6.68. The molecule has 1 unspecified atom stereocenters. The van der Waals surface area contributed by atoms with Crippen molar-refractivity contribution in [2.24, 2.45) is 0 Å². The molecule has 2 aromatic heterocycles. The maximum atomic E-state index is 4.74. The van der Waals surface area contributed by atoms with E-state index >= 15 is 0 Å². The van der Waals surface area contributed by atoms with E-state index in [1.165, 1.54) is 40.7 Å². The second-order valence-corrected chi connectivity index (χ2v) is 8.68. The van der Waals surface area contributed by atoms with E-state index in [1.807, 2.05) is 11.3 Å². The van der Waals surface area contributed by atoms with Gasteiger partial charge in [-0.15, -0.1) is 11.3 Å². The third kappa shape index (κ3) is 3.08. The highest BCUT2D eigenvalue weighted by atomic mass is 79.9. The molecule has 0 radical (unpaired) electrons. The fourth-order valence-corrected chi connectivity index (χ4v) is 5.12. The number of hydrogen-bond donors (Lipinski definition) is 0. The molecule has 1 atom stereocenters. The lowest BCUT2D eigenvalue weighted by Crippen LogP contribution is -2.38. The van der Waals surface area contributed by atoms with Gasteiger partial charge in [-0.05, 0) is 50.3 Å². The molecule has 25 heavy (non-hydrogen) atoms. The van der Waals surface area contributed by atoms with Gasteiger partial charge in [0.1, 0.15) is 17.0 Å². The minimum Gasteiger partial charge on any atom is -0.353 e. The molecule has 0 spiro atoms. The van der Waals surface area contributed by atoms with Gasteiger partial charge in [0, 0.05) is 27.5 Å². The lowest BCUT2D eigenvalue weighted by Gasteiger charge is -2.34. The topological polar surface area (TPSA) is 29.0 Å². The van der Waals surface area contributed by atoms with Gasteiger partial charge in [0.15, 0.2) is 0 Å². The Morgan fingerprint density at radius 2 is 2.00 bits per heavy atom. The molecule has 0 amide bonds. The zero-order valence-electron chi connectivity index (χ0n) is 14.6. The van der Waals surface area contributed by atoms with Crippen LogP contribution in [0.5, 0.6) is 0 Å². The van der Waals surface area contributed by atoms with Crippen LogP contribution in [0.2, 0.25) is 0 Å². The number of fused-ring (bicyclic) bond motifs is 1. The van der Waals surface area contributed by atoms with Crippen molar-refractivity contribution in [1.29, 1.82) is 0 Å². The van der Waals surface area contributed by atoms with Gasteiger partial charge in [-0.3, -0.25) is 0 Å². The van der Waals surface area contributed by atoms with E-state index < -0.39 is 0 Å². The van der Waals surface area contributed by atoms with Crippen molar-refractivity contribution in [2.45, 2.75) is 45.6 Å². The van der Waals surface area contributed by atoms with Gasteiger partial charge >= 0.3 is 0 Å². The van der Waals surface area contributed by atoms with Crippen LogP contribution in [0.25, 0.3) is 21.3 Å². The minimum atomic E-state index is 0.537. The van der Waals surface area contributed by atoms with E-state index in [2.05, 4.69) is 63.9 Å². The Labute approximate surface area is 161 Å². The Hall–Kier alpha value is -1.46. The predicted octanol–water partition coefficient (Wildman–Crippen LogP) is 6.06. The number of anilines is 1. The highest BCUT2D eigenvalue weighted by Crippen LogP contribution is 2.43. The van der Waals surface area contributed by atoms with E-state index in [0.29, 0.717) is 6.04 Å². The quantitative estimate of drug-likeness (QED) is 0.520. The van der Waals surface area contributed by atoms with Gasteiger partial charge in [0.05, 0.1) is 5.39 Å². The molecule has 5 heteroatoms. The van der Waals surface area contributed by atoms with Crippen molar-refractivity contribution in [3.8, 4) is 11.1 Å². The molecule has 130 valence electrons. The zero-order valence-corrected chi connectivity index (χ0v) is 17.0. The Bertz CT molecular complexity index is 888. The van der Waals surface area contributed by atoms with Crippen molar-refractivity contribution in [3.05, 3.63) is 39.9 Å². The average Bonchev–Trinajstić information content (AvgIpc) is 3.02. The largest absolute Gasteiger partial charge is 0.353 e. The summed E-state index contributed by atoms with van der Waals surface area (Å²) in [6, 6.07) is 9.16. The van der Waals surface area contributed by atoms with Crippen LogP contribution < -0.4 is 4.90 Å². The Balaban J connectivity index is 1.95. The monoisotopic (exact) mass is 415 g/mol. The lowest BCUT2D eigenvalue weighted by atomic mass is 10.00. The van der Waals surface area contributed by atoms with E-state index in [-0.39, 0.29) is 0 Å². The summed E-state index contributed by atoms with van der Waals surface area (Å²) < 4.78 is 1.11. The molecule has 4 rings (SSSR count). The number of rotatable bonds is 3. The van der Waals surface area contributed by atoms with Crippen molar-refractivity contribution < 1.29 is 0 Å². The summed E-state index contributed by atoms with van der Waals surface area (Å²) in [7, 11) is 0. The Morgan fingerprint density at radius 3 is 2.72 bits per heavy atom. The maximum Gasteiger partial charge on any atom is 0.141 e. The molecule has 3 nitrogen and oxygen atoms in total. The minimum absolute atomic E-state index is 0.537. The number of benzene rings is 1. The van der Waals surface area contributed by atoms with Gasteiger partial charge in [0.25, 0.3) is 0 Å². The summed E-state index contributed by atoms with van der Waals surface area (Å²) in [6.45, 7) is 5.63. The van der Waals surface area contributed by atoms with Gasteiger partial charge < -0.3 is 4.90 Å². The molecule has 3 aromatic rings. The van der Waals surface area contributed by atoms with E-state index in [9.17, 15) is 0 Å². The summed E-state index contributed by atoms with van der Waals surface area (Å²) in [5.74, 6) is 1.12. The molecular formula is C20H22BrN3S. The molecule has 1 aromatic carbocycles. The molecule has 0 bridgehead atoms. The van der Waals surface area contributed by atoms with Crippen molar-refractivity contribution in [1.82, 2.24) is 9.97 Å². The van der Waals surface area contributed by atoms with E-state index in [0.717, 1.165) is 28.1 Å². The number of piperidine rings is 1. The molecule has 1 aliphatic heterocycles. The number of thiophene rings is 1. The molecule has 0 aliphatic carbocycles. The summed E-state index contributed by atoms with van der Waals surface area (Å²) in [6.07, 6.45) is 6.55. The fraction of sp³-hybridized carbons (Fsp3) is 0.400. The first-order chi connectivity index (χ1) is 12.2. The maximum absolute atomic E-state index is 4.74. The van der Waals surface area contributed by atoms with Gasteiger partial charge in [-0.2, -0.15) is 0 Å². The van der Waals surface area contributed by atoms with Gasteiger partial charge in [-0.1, -0.05) is 35.0 Å². The summed E-state index contributed by atoms with van der Waals surface area (Å²) in [5.41, 5.74) is 2.58. The van der Waals surface area contributed by atoms with Crippen LogP contribution in [-0.4, -0.2) is 22.6 Å². The van der Waals surface area contributed by atoms with Crippen LogP contribution in [0.15, 0.2) is 35.1 Å². The van der Waals surface area contributed by atoms with Crippen molar-refractivity contribution >= 4 is 43.3 Å². The zero-order chi connectivity index (χ0) is 17.4. The average molecular weight is 416 g/mol. The molecule has 1 saturated heterocycles. The van der Waals surface area contributed by atoms with Gasteiger partial charge in [-0.25, -0.2) is 9.97 Å². The van der Waals surface area contributed by atoms with Crippen molar-refractivity contribution in [3.63, 3.8) is 0 Å². The third-order valence-corrected chi connectivity index (χ3v) is 6.84. The Morgan fingerprint density at radius 1 is 1.20 bits per heavy atom. The number of halogens is 1. The number of aryl methyl sites for hydroxylation is 1. The van der Waals surface area contributed by atoms with Crippen LogP contribution in [-0.2, 0) is 6.42 Å². The normalized spacial score (nSPS) is 18.0. The smallest absolute Gasteiger partial charge is 0.141 e. The SMILES string of the molecule is CCc1sc2ncnc(N3CCCCC3C)c2c1-c1ccc(Br)cc1. The van der Waals surface area contributed by atoms with Crippen LogP contribution in [0, 0.1) is 0 Å². The van der Waals surface area contributed by atoms with E-state index in [4.69, 9.17) is 4.98 Å². The Kier molecular flexibility index (Phi) is 4.78. The fourth-order valence-electron chi connectivity index (χ4n) is 3.77. The van der Waals surface area contributed by atoms with Crippen molar-refractivity contribution in [2.75, 3.05) is 11.4 Å². The first kappa shape index (κ1) is 17.0. The summed E-state index contributed by atoms with van der Waals surface area (Å²) in [5, 5.41) is 1.24. The van der Waals surface area contributed by atoms with Crippen LogP contribution in [0.4, 0.5) is 5.82 Å². The summed E-state index contributed by atoms with van der Waals surface area (Å²) >= 11 is 5.36. The third-order valence-electron chi connectivity index (χ3n) is 5.07. The van der Waals surface area contributed by atoms with Crippen LogP contribution in [0.3, 0.4) is 0 Å². The number of aromatic nitrogens is 2. The van der Waals surface area contributed by atoms with Gasteiger partial charge in [0.2, 0.25) is 0 Å². The molecular weight excluding hydrogens is 394 g/mol. The molecule has 0 saturated carbocycles. The van der Waals surface area contributed by atoms with Crippen LogP contribution >= 0.6 is 27.3 Å². The predicted molar refractivity (Wildman–Crippen MR) is 111 cm³/mol. The first-order valence-corrected chi connectivity index (χ1v) is 10.6. The standard InChI is InChI=1S/C20H22BrN3S/c1-3-16-17(14-7-9-15(21)10-8-14)18-19(22-12-23-20(18)25-16)24-11-5-4-6-13(24)2/h7-10,12-13H,3-6,11H2,1-2H3. The first-order valence-electron chi connectivity index (χ1n) is 8.98. The van der Waals surface area contributed by atoms with E-state index in [1.54, 1.807) is 6.33 Å². The van der Waals surface area contributed by atoms with Crippen LogP contribution in [0.1, 0.15) is 38.0 Å². The molecule has 1 fully saturated rings. The second kappa shape index (κ2) is 7.04. The lowest BCUT2D eigenvalue weighted by molar-refractivity contribution is 0.482. The molecule has 3 heterocycles.